The molecule has 0 saturated heterocycles. The molecule has 19 heteroatoms. The van der Waals surface area contributed by atoms with Gasteiger partial charge in [0.2, 0.25) is 0 Å². The summed E-state index contributed by atoms with van der Waals surface area (Å²) in [5.41, 5.74) is 0. The van der Waals surface area contributed by atoms with Crippen molar-refractivity contribution in [1.29, 1.82) is 0 Å². The van der Waals surface area contributed by atoms with Gasteiger partial charge in [0.15, 0.2) is 12.2 Å². The number of ether oxygens (including phenoxy) is 4. The van der Waals surface area contributed by atoms with Gasteiger partial charge in [0, 0.05) is 25.7 Å². The zero-order valence-corrected chi connectivity index (χ0v) is 69.8. The molecule has 0 aliphatic heterocycles. The monoisotopic (exact) mass is 1560 g/mol. The maximum absolute atomic E-state index is 13.1. The summed E-state index contributed by atoms with van der Waals surface area (Å²) in [5, 5.41) is 10.7. The number of aliphatic hydroxyl groups is 1. The average molecular weight is 1560 g/mol. The van der Waals surface area contributed by atoms with Crippen LogP contribution in [0.4, 0.5) is 0 Å². The van der Waals surface area contributed by atoms with Crippen LogP contribution in [0.15, 0.2) is 134 Å². The van der Waals surface area contributed by atoms with Crippen LogP contribution in [-0.4, -0.2) is 96.7 Å². The number of rotatable bonds is 79. The molecule has 0 aliphatic carbocycles. The van der Waals surface area contributed by atoms with Gasteiger partial charge in [-0.05, 0) is 154 Å². The van der Waals surface area contributed by atoms with Crippen molar-refractivity contribution >= 4 is 39.5 Å². The van der Waals surface area contributed by atoms with Gasteiger partial charge < -0.3 is 33.8 Å². The summed E-state index contributed by atoms with van der Waals surface area (Å²) < 4.78 is 68.8. The van der Waals surface area contributed by atoms with E-state index in [0.717, 1.165) is 231 Å². The quantitative estimate of drug-likeness (QED) is 0.0169. The van der Waals surface area contributed by atoms with Gasteiger partial charge in [-0.25, -0.2) is 9.13 Å². The molecule has 0 radical (unpaired) electrons. The van der Waals surface area contributed by atoms with E-state index in [9.17, 15) is 43.2 Å². The molecule has 3 N–H and O–H groups in total. The largest absolute Gasteiger partial charge is 0.472 e. The number of unbranched alkanes of at least 4 members (excludes halogenated alkanes) is 31. The van der Waals surface area contributed by atoms with E-state index in [0.29, 0.717) is 25.7 Å². The Bertz CT molecular complexity index is 2560. The van der Waals surface area contributed by atoms with Crippen molar-refractivity contribution in [2.45, 2.75) is 367 Å². The average Bonchev–Trinajstić information content (AvgIpc) is 0.901. The topological polar surface area (TPSA) is 237 Å². The third-order valence-electron chi connectivity index (χ3n) is 17.6. The number of carbonyl (C=O) groups excluding carboxylic acids is 4. The number of aliphatic hydroxyl groups excluding tert-OH is 1. The Morgan fingerprint density at radius 1 is 0.269 bits per heavy atom. The number of esters is 4. The molecule has 0 aromatic carbocycles. The highest BCUT2D eigenvalue weighted by atomic mass is 31.2. The Labute approximate surface area is 656 Å². The van der Waals surface area contributed by atoms with E-state index in [1.807, 2.05) is 0 Å². The number of phosphoric ester groups is 2. The fourth-order valence-electron chi connectivity index (χ4n) is 11.2. The molecule has 17 nitrogen and oxygen atoms in total. The van der Waals surface area contributed by atoms with Crippen molar-refractivity contribution in [3.8, 4) is 0 Å². The maximum Gasteiger partial charge on any atom is 0.472 e. The zero-order valence-electron chi connectivity index (χ0n) is 68.0. The summed E-state index contributed by atoms with van der Waals surface area (Å²) >= 11 is 0. The molecule has 108 heavy (non-hydrogen) atoms. The summed E-state index contributed by atoms with van der Waals surface area (Å²) in [6.07, 6.45) is 91.2. The normalized spacial score (nSPS) is 14.5. The van der Waals surface area contributed by atoms with E-state index in [1.54, 1.807) is 0 Å². The Morgan fingerprint density at radius 3 is 0.750 bits per heavy atom. The Hall–Kier alpha value is -4.80. The number of hydrogen-bond donors (Lipinski definition) is 3. The van der Waals surface area contributed by atoms with Gasteiger partial charge >= 0.3 is 39.5 Å². The molecule has 0 rings (SSSR count). The lowest BCUT2D eigenvalue weighted by Gasteiger charge is -2.21. The van der Waals surface area contributed by atoms with Crippen molar-refractivity contribution in [3.05, 3.63) is 134 Å². The van der Waals surface area contributed by atoms with E-state index in [2.05, 4.69) is 161 Å². The lowest BCUT2D eigenvalue weighted by Crippen LogP contribution is -2.30. The minimum absolute atomic E-state index is 0.0788. The molecule has 5 unspecified atom stereocenters. The van der Waals surface area contributed by atoms with Crippen LogP contribution in [-0.2, 0) is 65.4 Å². The van der Waals surface area contributed by atoms with Crippen LogP contribution in [0.3, 0.4) is 0 Å². The maximum atomic E-state index is 13.1. The van der Waals surface area contributed by atoms with Crippen molar-refractivity contribution in [2.24, 2.45) is 0 Å². The van der Waals surface area contributed by atoms with Crippen molar-refractivity contribution in [1.82, 2.24) is 0 Å². The predicted octanol–water partition coefficient (Wildman–Crippen LogP) is 25.2. The summed E-state index contributed by atoms with van der Waals surface area (Å²) in [6.45, 7) is 4.54. The molecule has 620 valence electrons. The van der Waals surface area contributed by atoms with E-state index >= 15 is 0 Å². The predicted molar refractivity (Wildman–Crippen MR) is 445 cm³/mol. The lowest BCUT2D eigenvalue weighted by atomic mass is 10.1. The minimum Gasteiger partial charge on any atom is -0.462 e. The van der Waals surface area contributed by atoms with Gasteiger partial charge in [0.25, 0.3) is 0 Å². The molecule has 5 atom stereocenters. The van der Waals surface area contributed by atoms with E-state index in [4.69, 9.17) is 37.0 Å². The first-order chi connectivity index (χ1) is 52.7. The van der Waals surface area contributed by atoms with Crippen LogP contribution in [0.5, 0.6) is 0 Å². The zero-order chi connectivity index (χ0) is 78.9. The van der Waals surface area contributed by atoms with Crippen molar-refractivity contribution < 1.29 is 80.2 Å². The Morgan fingerprint density at radius 2 is 0.481 bits per heavy atom. The number of carbonyl (C=O) groups is 4. The highest BCUT2D eigenvalue weighted by Crippen LogP contribution is 2.45. The Kier molecular flexibility index (Phi) is 76.7. The van der Waals surface area contributed by atoms with E-state index < -0.39 is 97.5 Å². The van der Waals surface area contributed by atoms with Gasteiger partial charge in [0.05, 0.1) is 26.4 Å². The van der Waals surface area contributed by atoms with E-state index in [-0.39, 0.29) is 25.7 Å². The minimum atomic E-state index is -4.99. The fraction of sp³-hybridized carbons (Fsp3) is 0.708. The van der Waals surface area contributed by atoms with Gasteiger partial charge in [-0.15, -0.1) is 0 Å². The number of phosphoric acid groups is 2. The Balaban J connectivity index is 5.40. The van der Waals surface area contributed by atoms with Crippen LogP contribution in [0.2, 0.25) is 0 Å². The summed E-state index contributed by atoms with van der Waals surface area (Å²) in [5.74, 6) is -2.21. The summed E-state index contributed by atoms with van der Waals surface area (Å²) in [6, 6.07) is 0. The molecule has 0 fully saturated rings. The number of hydrogen-bond acceptors (Lipinski definition) is 15. The van der Waals surface area contributed by atoms with Crippen LogP contribution in [0, 0.1) is 0 Å². The van der Waals surface area contributed by atoms with Gasteiger partial charge in [-0.2, -0.15) is 0 Å². The third-order valence-corrected chi connectivity index (χ3v) is 19.5. The smallest absolute Gasteiger partial charge is 0.462 e. The molecule has 0 amide bonds. The van der Waals surface area contributed by atoms with E-state index in [1.165, 1.54) is 38.5 Å². The molecule has 0 bridgehead atoms. The molecule has 0 aromatic rings. The first-order valence-corrected chi connectivity index (χ1v) is 45.4. The standard InChI is InChI=1S/C89H152O17P2/c1-5-9-13-17-21-25-29-33-37-40-41-44-47-50-54-58-62-66-70-74-87(92)100-79-84(105-88(93)75-71-67-63-59-55-51-45-36-32-28-24-20-16-12-8-4)81-103-107(95,96)101-77-83(90)78-102-108(97,98)104-82-85(106-89(94)76-72-68-64-60-56-52-48-43-39-35-31-27-23-19-15-11-7-3)80-99-86(91)73-69-65-61-57-53-49-46-42-38-34-30-26-22-18-14-10-6-2/h9-11,13-15,21-23,25-27,33-39,41,44-45,83-85,90H,5-8,12,16-20,24,28-32,40,42-43,46-82H2,1-4H3,(H,95,96)(H,97,98)/b13-9-,14-10-,15-11-,25-21-,26-22-,27-23-,37-33-,38-34-,39-35-,44-41-,45-36-. The molecule has 0 saturated carbocycles. The molecule has 0 heterocycles. The highest BCUT2D eigenvalue weighted by molar-refractivity contribution is 7.47. The SMILES string of the molecule is CC/C=C\C/C=C\C/C=C\C/C=C\CCCCCCCCC(=O)OCC(COP(=O)(O)OCC(O)COP(=O)(O)OCC(COC(=O)CCCCCCCCC/C=C\C/C=C\C/C=C\CC)OC(=O)CCCCCCCCC/C=C\C/C=C\C/C=C\CC)OC(=O)CCCCCCC/C=C\CCCCCCCC. The van der Waals surface area contributed by atoms with Crippen LogP contribution in [0.1, 0.15) is 349 Å². The van der Waals surface area contributed by atoms with Crippen molar-refractivity contribution in [2.75, 3.05) is 39.6 Å². The van der Waals surface area contributed by atoms with Gasteiger partial charge in [-0.1, -0.05) is 303 Å². The molecule has 0 aromatic heterocycles. The first-order valence-electron chi connectivity index (χ1n) is 42.4. The number of allylic oxidation sites excluding steroid dienone is 22. The third kappa shape index (κ3) is 79.3. The molecular formula is C89H152O17P2. The molecular weight excluding hydrogens is 1400 g/mol. The second kappa shape index (κ2) is 80.3. The van der Waals surface area contributed by atoms with Gasteiger partial charge in [0.1, 0.15) is 19.3 Å². The van der Waals surface area contributed by atoms with Crippen LogP contribution < -0.4 is 0 Å². The first kappa shape index (κ1) is 103. The lowest BCUT2D eigenvalue weighted by molar-refractivity contribution is -0.161. The summed E-state index contributed by atoms with van der Waals surface area (Å²) in [4.78, 5) is 73.3. The van der Waals surface area contributed by atoms with Crippen molar-refractivity contribution in [3.63, 3.8) is 0 Å². The van der Waals surface area contributed by atoms with Gasteiger partial charge in [-0.3, -0.25) is 37.3 Å². The van der Waals surface area contributed by atoms with Crippen LogP contribution in [0.25, 0.3) is 0 Å². The highest BCUT2D eigenvalue weighted by Gasteiger charge is 2.30. The summed E-state index contributed by atoms with van der Waals surface area (Å²) in [7, 11) is -9.98. The molecule has 0 spiro atoms. The molecule has 0 aliphatic rings. The van der Waals surface area contributed by atoms with Crippen LogP contribution >= 0.6 is 15.6 Å². The second-order valence-corrected chi connectivity index (χ2v) is 30.9. The fourth-order valence-corrected chi connectivity index (χ4v) is 12.8. The second-order valence-electron chi connectivity index (χ2n) is 28.0.